The van der Waals surface area contributed by atoms with E-state index in [1.54, 1.807) is 19.2 Å². The second-order valence-electron chi connectivity index (χ2n) is 4.59. The fourth-order valence-corrected chi connectivity index (χ4v) is 3.57. The molecule has 0 heterocycles. The van der Waals surface area contributed by atoms with Gasteiger partial charge in [0.05, 0.1) is 21.6 Å². The molecule has 0 saturated heterocycles. The molecule has 0 aliphatic carbocycles. The van der Waals surface area contributed by atoms with Gasteiger partial charge in [-0.05, 0) is 24.5 Å². The van der Waals surface area contributed by atoms with Gasteiger partial charge in [0.15, 0.2) is 0 Å². The first kappa shape index (κ1) is 14.2. The fraction of sp³-hybridized carbons (Fsp3) is 0.538. The molecule has 0 saturated carbocycles. The Kier molecular flexibility index (Phi) is 5.15. The van der Waals surface area contributed by atoms with Crippen LogP contribution in [0.1, 0.15) is 20.3 Å². The average Bonchev–Trinajstić information content (AvgIpc) is 2.29. The summed E-state index contributed by atoms with van der Waals surface area (Å²) in [6.45, 7) is 4.08. The highest BCUT2D eigenvalue weighted by Crippen LogP contribution is 2.16. The predicted molar refractivity (Wildman–Crippen MR) is 71.5 cm³/mol. The highest BCUT2D eigenvalue weighted by atomic mass is 32.2. The Morgan fingerprint density at radius 3 is 2.35 bits per heavy atom. The van der Waals surface area contributed by atoms with Crippen LogP contribution in [0.3, 0.4) is 0 Å². The molecule has 96 valence electrons. The Hall–Kier alpha value is -0.870. The molecule has 1 rings (SSSR count). The van der Waals surface area contributed by atoms with E-state index in [1.807, 2.05) is 32.0 Å². The van der Waals surface area contributed by atoms with E-state index in [0.717, 1.165) is 0 Å². The number of rotatable bonds is 5. The summed E-state index contributed by atoms with van der Waals surface area (Å²) < 4.78 is 16.6. The summed E-state index contributed by atoms with van der Waals surface area (Å²) >= 11 is 0. The van der Waals surface area contributed by atoms with E-state index < -0.39 is 15.8 Å². The van der Waals surface area contributed by atoms with Gasteiger partial charge < -0.3 is 5.11 Å². The van der Waals surface area contributed by atoms with Crippen molar-refractivity contribution in [3.63, 3.8) is 0 Å². The first-order chi connectivity index (χ1) is 7.98. The van der Waals surface area contributed by atoms with Crippen LogP contribution in [0, 0.1) is 5.92 Å². The molecular weight excluding hydrogens is 234 g/mol. The molecule has 0 fully saturated rings. The van der Waals surface area contributed by atoms with Gasteiger partial charge >= 0.3 is 0 Å². The Balaban J connectivity index is 2.89. The average molecular weight is 255 g/mol. The molecule has 17 heavy (non-hydrogen) atoms. The van der Waals surface area contributed by atoms with Crippen LogP contribution in [-0.4, -0.2) is 28.2 Å². The van der Waals surface area contributed by atoms with Crippen LogP contribution in [-0.2, 0) is 9.73 Å². The van der Waals surface area contributed by atoms with Crippen molar-refractivity contribution in [1.82, 2.24) is 0 Å². The number of nitrogens with zero attached hydrogens (tertiary/aromatic N) is 1. The number of aliphatic hydroxyl groups is 1. The zero-order valence-electron chi connectivity index (χ0n) is 10.7. The van der Waals surface area contributed by atoms with E-state index in [9.17, 15) is 9.32 Å². The quantitative estimate of drug-likeness (QED) is 0.879. The van der Waals surface area contributed by atoms with Gasteiger partial charge in [0.2, 0.25) is 0 Å². The number of hydrogen-bond donors (Lipinski definition) is 1. The first-order valence-corrected chi connectivity index (χ1v) is 7.52. The van der Waals surface area contributed by atoms with Gasteiger partial charge in [0.25, 0.3) is 0 Å². The van der Waals surface area contributed by atoms with E-state index in [4.69, 9.17) is 0 Å². The predicted octanol–water partition coefficient (Wildman–Crippen LogP) is 2.55. The second kappa shape index (κ2) is 6.17. The minimum Gasteiger partial charge on any atom is -0.392 e. The van der Waals surface area contributed by atoms with E-state index >= 15 is 0 Å². The lowest BCUT2D eigenvalue weighted by Gasteiger charge is -2.16. The molecule has 0 radical (unpaired) electrons. The Labute approximate surface area is 104 Å². The molecule has 0 aromatic heterocycles. The summed E-state index contributed by atoms with van der Waals surface area (Å²) in [5.41, 5.74) is 0. The van der Waals surface area contributed by atoms with Crippen LogP contribution in [0.15, 0.2) is 39.6 Å². The van der Waals surface area contributed by atoms with Crippen LogP contribution in [0.4, 0.5) is 0 Å². The molecule has 3 nitrogen and oxygen atoms in total. The maximum Gasteiger partial charge on any atom is 0.0774 e. The number of hydrogen-bond acceptors (Lipinski definition) is 3. The maximum absolute atomic E-state index is 12.6. The summed E-state index contributed by atoms with van der Waals surface area (Å²) in [5.74, 6) is 0.604. The largest absolute Gasteiger partial charge is 0.392 e. The molecule has 1 aromatic carbocycles. The summed E-state index contributed by atoms with van der Waals surface area (Å²) in [6.07, 6.45) is 0.0886. The topological polar surface area (TPSA) is 49.7 Å². The molecule has 0 spiro atoms. The van der Waals surface area contributed by atoms with Gasteiger partial charge in [-0.1, -0.05) is 32.0 Å². The zero-order chi connectivity index (χ0) is 12.9. The molecule has 1 aromatic rings. The van der Waals surface area contributed by atoms with E-state index in [-0.39, 0.29) is 5.75 Å². The van der Waals surface area contributed by atoms with E-state index in [1.165, 1.54) is 0 Å². The molecule has 1 unspecified atom stereocenters. The molecule has 0 bridgehead atoms. The van der Waals surface area contributed by atoms with Crippen molar-refractivity contribution < 1.29 is 9.32 Å². The van der Waals surface area contributed by atoms with E-state index in [0.29, 0.717) is 17.2 Å². The van der Waals surface area contributed by atoms with Gasteiger partial charge in [-0.25, -0.2) is 8.57 Å². The number of benzene rings is 1. The molecule has 0 aliphatic rings. The van der Waals surface area contributed by atoms with Crippen LogP contribution in [0.5, 0.6) is 0 Å². The lowest BCUT2D eigenvalue weighted by atomic mass is 10.1. The Morgan fingerprint density at radius 1 is 1.29 bits per heavy atom. The molecule has 0 amide bonds. The molecule has 4 heteroatoms. The summed E-state index contributed by atoms with van der Waals surface area (Å²) in [4.78, 5) is 0.699. The van der Waals surface area contributed by atoms with Crippen molar-refractivity contribution in [2.24, 2.45) is 10.3 Å². The van der Waals surface area contributed by atoms with Crippen LogP contribution < -0.4 is 0 Å². The smallest absolute Gasteiger partial charge is 0.0774 e. The normalized spacial score (nSPS) is 16.5. The Morgan fingerprint density at radius 2 is 1.88 bits per heavy atom. The van der Waals surface area contributed by atoms with Crippen LogP contribution in [0.2, 0.25) is 0 Å². The fourth-order valence-electron chi connectivity index (χ4n) is 1.78. The lowest BCUT2D eigenvalue weighted by Crippen LogP contribution is -2.22. The van der Waals surface area contributed by atoms with Gasteiger partial charge in [-0.3, -0.25) is 0 Å². The van der Waals surface area contributed by atoms with Crippen LogP contribution >= 0.6 is 0 Å². The third-order valence-corrected chi connectivity index (χ3v) is 5.00. The maximum atomic E-state index is 12.6. The molecule has 2 atom stereocenters. The first-order valence-electron chi connectivity index (χ1n) is 5.84. The van der Waals surface area contributed by atoms with Gasteiger partial charge in [0.1, 0.15) is 0 Å². The highest BCUT2D eigenvalue weighted by molar-refractivity contribution is 7.93. The van der Waals surface area contributed by atoms with Crippen molar-refractivity contribution >= 4 is 9.73 Å². The molecular formula is C13H21NO2S. The Bertz CT molecular complexity index is 448. The molecule has 0 aliphatic heterocycles. The minimum absolute atomic E-state index is 0.214. The second-order valence-corrected chi connectivity index (χ2v) is 7.04. The van der Waals surface area contributed by atoms with Crippen molar-refractivity contribution in [2.75, 3.05) is 12.8 Å². The monoisotopic (exact) mass is 255 g/mol. The van der Waals surface area contributed by atoms with Gasteiger partial charge in [0, 0.05) is 11.9 Å². The third-order valence-electron chi connectivity index (χ3n) is 2.57. The highest BCUT2D eigenvalue weighted by Gasteiger charge is 2.18. The molecule has 1 N–H and O–H groups in total. The summed E-state index contributed by atoms with van der Waals surface area (Å²) in [5, 5.41) is 9.91. The van der Waals surface area contributed by atoms with Crippen molar-refractivity contribution in [1.29, 1.82) is 0 Å². The van der Waals surface area contributed by atoms with Gasteiger partial charge in [-0.2, -0.15) is 0 Å². The van der Waals surface area contributed by atoms with Gasteiger partial charge in [-0.15, -0.1) is 0 Å². The van der Waals surface area contributed by atoms with E-state index in [2.05, 4.69) is 4.36 Å². The summed E-state index contributed by atoms with van der Waals surface area (Å²) in [7, 11) is -0.923. The standard InChI is InChI=1S/C13H21NO2S/c1-11(2)9-12(15)10-17(16,14-3)13-7-5-4-6-8-13/h4-8,11-12,15H,9-10H2,1-3H3/t12-,17?/m0/s1. The number of aliphatic hydroxyl groups excluding tert-OH is 1. The zero-order valence-corrected chi connectivity index (χ0v) is 11.5. The lowest BCUT2D eigenvalue weighted by molar-refractivity contribution is 0.171. The SMILES string of the molecule is CN=S(=O)(C[C@@H](O)CC(C)C)c1ccccc1. The van der Waals surface area contributed by atoms with Crippen molar-refractivity contribution in [3.05, 3.63) is 30.3 Å². The minimum atomic E-state index is -2.48. The summed E-state index contributed by atoms with van der Waals surface area (Å²) in [6, 6.07) is 9.17. The van der Waals surface area contributed by atoms with Crippen molar-refractivity contribution in [2.45, 2.75) is 31.3 Å². The van der Waals surface area contributed by atoms with Crippen LogP contribution in [0.25, 0.3) is 0 Å². The van der Waals surface area contributed by atoms with Crippen molar-refractivity contribution in [3.8, 4) is 0 Å². The third kappa shape index (κ3) is 4.13.